The lowest BCUT2D eigenvalue weighted by atomic mass is 9.81. The van der Waals surface area contributed by atoms with Crippen LogP contribution in [0.1, 0.15) is 30.7 Å². The molecule has 0 aromatic heterocycles. The maximum Gasteiger partial charge on any atom is 0.0609 e. The second kappa shape index (κ2) is 6.67. The van der Waals surface area contributed by atoms with Gasteiger partial charge in [0.2, 0.25) is 0 Å². The molecule has 0 aliphatic carbocycles. The average molecular weight is 304 g/mol. The molecule has 2 aliphatic rings. The van der Waals surface area contributed by atoms with E-state index in [-0.39, 0.29) is 19.3 Å². The zero-order chi connectivity index (χ0) is 15.6. The van der Waals surface area contributed by atoms with Crippen LogP contribution >= 0.6 is 0 Å². The van der Waals surface area contributed by atoms with Crippen LogP contribution in [0.15, 0.2) is 30.3 Å². The minimum absolute atomic E-state index is 0.0476. The standard InChI is InChI=1S/C18H28N2O2/c1-19-12-16(15-5-3-2-4-6-15)11-18(19)7-9-20(10-8-18)17(13-21)14-22/h2-6,16-17,21-22H,7-14H2,1H3. The third-order valence-electron chi connectivity index (χ3n) is 5.87. The van der Waals surface area contributed by atoms with Gasteiger partial charge in [-0.05, 0) is 37.8 Å². The van der Waals surface area contributed by atoms with Crippen LogP contribution in [0.25, 0.3) is 0 Å². The Kier molecular flexibility index (Phi) is 4.83. The first-order valence-electron chi connectivity index (χ1n) is 8.40. The van der Waals surface area contributed by atoms with Crippen LogP contribution in [0.3, 0.4) is 0 Å². The molecule has 2 aliphatic heterocycles. The Morgan fingerprint density at radius 3 is 2.36 bits per heavy atom. The van der Waals surface area contributed by atoms with Crippen molar-refractivity contribution in [2.75, 3.05) is 39.9 Å². The van der Waals surface area contributed by atoms with Gasteiger partial charge in [-0.3, -0.25) is 9.80 Å². The molecule has 1 atom stereocenters. The van der Waals surface area contributed by atoms with E-state index < -0.39 is 0 Å². The van der Waals surface area contributed by atoms with Crippen molar-refractivity contribution in [3.63, 3.8) is 0 Å². The molecule has 122 valence electrons. The maximum absolute atomic E-state index is 9.37. The third-order valence-corrected chi connectivity index (χ3v) is 5.87. The summed E-state index contributed by atoms with van der Waals surface area (Å²) in [5, 5.41) is 18.7. The minimum atomic E-state index is -0.0889. The number of aliphatic hydroxyl groups excluding tert-OH is 2. The number of nitrogens with zero attached hydrogens (tertiary/aromatic N) is 2. The van der Waals surface area contributed by atoms with E-state index in [1.54, 1.807) is 0 Å². The van der Waals surface area contributed by atoms with Gasteiger partial charge in [-0.1, -0.05) is 30.3 Å². The quantitative estimate of drug-likeness (QED) is 0.880. The predicted octanol–water partition coefficient (Wildman–Crippen LogP) is 1.29. The molecule has 4 nitrogen and oxygen atoms in total. The second-order valence-corrected chi connectivity index (χ2v) is 6.97. The predicted molar refractivity (Wildman–Crippen MR) is 87.9 cm³/mol. The SMILES string of the molecule is CN1CC(c2ccccc2)CC12CCN(C(CO)CO)CC2. The van der Waals surface area contributed by atoms with Gasteiger partial charge in [0.25, 0.3) is 0 Å². The minimum Gasteiger partial charge on any atom is -0.395 e. The summed E-state index contributed by atoms with van der Waals surface area (Å²) >= 11 is 0. The molecule has 1 unspecified atom stereocenters. The van der Waals surface area contributed by atoms with Crippen molar-refractivity contribution < 1.29 is 10.2 Å². The van der Waals surface area contributed by atoms with Crippen LogP contribution in [0.5, 0.6) is 0 Å². The number of likely N-dealkylation sites (tertiary alicyclic amines) is 2. The highest BCUT2D eigenvalue weighted by molar-refractivity contribution is 5.23. The normalized spacial score (nSPS) is 26.1. The fourth-order valence-corrected chi connectivity index (χ4v) is 4.33. The smallest absolute Gasteiger partial charge is 0.0609 e. The zero-order valence-electron chi connectivity index (χ0n) is 13.5. The second-order valence-electron chi connectivity index (χ2n) is 6.97. The molecular weight excluding hydrogens is 276 g/mol. The van der Waals surface area contributed by atoms with Gasteiger partial charge in [-0.15, -0.1) is 0 Å². The van der Waals surface area contributed by atoms with E-state index in [2.05, 4.69) is 47.2 Å². The molecule has 0 saturated carbocycles. The molecule has 0 amide bonds. The van der Waals surface area contributed by atoms with Gasteiger partial charge in [0.15, 0.2) is 0 Å². The van der Waals surface area contributed by atoms with Crippen molar-refractivity contribution in [2.45, 2.75) is 36.8 Å². The van der Waals surface area contributed by atoms with Crippen LogP contribution in [0.4, 0.5) is 0 Å². The molecule has 3 rings (SSSR count). The van der Waals surface area contributed by atoms with Gasteiger partial charge in [0.05, 0.1) is 19.3 Å². The number of aliphatic hydroxyl groups is 2. The molecule has 1 spiro atoms. The Bertz CT molecular complexity index is 467. The molecule has 2 heterocycles. The molecule has 2 fully saturated rings. The molecule has 22 heavy (non-hydrogen) atoms. The van der Waals surface area contributed by atoms with E-state index >= 15 is 0 Å². The Labute approximate surface area is 133 Å². The highest BCUT2D eigenvalue weighted by atomic mass is 16.3. The topological polar surface area (TPSA) is 46.9 Å². The zero-order valence-corrected chi connectivity index (χ0v) is 13.5. The van der Waals surface area contributed by atoms with E-state index in [0.717, 1.165) is 32.5 Å². The molecular formula is C18H28N2O2. The molecule has 1 aromatic carbocycles. The maximum atomic E-state index is 9.37. The largest absolute Gasteiger partial charge is 0.395 e. The molecule has 0 radical (unpaired) electrons. The van der Waals surface area contributed by atoms with E-state index in [1.165, 1.54) is 12.0 Å². The number of hydrogen-bond acceptors (Lipinski definition) is 4. The highest BCUT2D eigenvalue weighted by Crippen LogP contribution is 2.44. The number of piperidine rings is 1. The summed E-state index contributed by atoms with van der Waals surface area (Å²) in [5.41, 5.74) is 1.75. The monoisotopic (exact) mass is 304 g/mol. The van der Waals surface area contributed by atoms with Crippen molar-refractivity contribution >= 4 is 0 Å². The number of likely N-dealkylation sites (N-methyl/N-ethyl adjacent to an activating group) is 1. The fraction of sp³-hybridized carbons (Fsp3) is 0.667. The van der Waals surface area contributed by atoms with Gasteiger partial charge in [0, 0.05) is 25.2 Å². The summed E-state index contributed by atoms with van der Waals surface area (Å²) in [4.78, 5) is 4.80. The summed E-state index contributed by atoms with van der Waals surface area (Å²) in [6, 6.07) is 10.8. The lowest BCUT2D eigenvalue weighted by molar-refractivity contribution is 0.0131. The Balaban J connectivity index is 1.66. The molecule has 2 N–H and O–H groups in total. The van der Waals surface area contributed by atoms with Gasteiger partial charge in [-0.25, -0.2) is 0 Å². The Morgan fingerprint density at radius 1 is 1.14 bits per heavy atom. The average Bonchev–Trinajstić information content (AvgIpc) is 2.88. The number of benzene rings is 1. The van der Waals surface area contributed by atoms with Crippen LogP contribution in [-0.4, -0.2) is 71.5 Å². The summed E-state index contributed by atoms with van der Waals surface area (Å²) in [6.07, 6.45) is 3.48. The van der Waals surface area contributed by atoms with Gasteiger partial charge in [-0.2, -0.15) is 0 Å². The molecule has 1 aromatic rings. The lowest BCUT2D eigenvalue weighted by Crippen LogP contribution is -2.54. The van der Waals surface area contributed by atoms with Crippen molar-refractivity contribution in [3.8, 4) is 0 Å². The first-order valence-corrected chi connectivity index (χ1v) is 8.40. The molecule has 4 heteroatoms. The summed E-state index contributed by atoms with van der Waals surface area (Å²) in [5.74, 6) is 0.629. The van der Waals surface area contributed by atoms with E-state index in [1.807, 2.05) is 0 Å². The fourth-order valence-electron chi connectivity index (χ4n) is 4.33. The van der Waals surface area contributed by atoms with Gasteiger partial charge in [0.1, 0.15) is 0 Å². The van der Waals surface area contributed by atoms with Crippen LogP contribution < -0.4 is 0 Å². The lowest BCUT2D eigenvalue weighted by Gasteiger charge is -2.45. The van der Waals surface area contributed by atoms with Crippen LogP contribution in [0, 0.1) is 0 Å². The van der Waals surface area contributed by atoms with E-state index in [0.29, 0.717) is 11.5 Å². The number of rotatable bonds is 4. The summed E-state index contributed by atoms with van der Waals surface area (Å²) in [7, 11) is 2.26. The van der Waals surface area contributed by atoms with Crippen LogP contribution in [0.2, 0.25) is 0 Å². The van der Waals surface area contributed by atoms with Gasteiger partial charge >= 0.3 is 0 Å². The first-order chi connectivity index (χ1) is 10.7. The van der Waals surface area contributed by atoms with Crippen molar-refractivity contribution in [3.05, 3.63) is 35.9 Å². The third kappa shape index (κ3) is 2.93. The van der Waals surface area contributed by atoms with Crippen LogP contribution in [-0.2, 0) is 0 Å². The Morgan fingerprint density at radius 2 is 1.77 bits per heavy atom. The summed E-state index contributed by atoms with van der Waals surface area (Å²) in [6.45, 7) is 3.17. The summed E-state index contributed by atoms with van der Waals surface area (Å²) < 4.78 is 0. The molecule has 0 bridgehead atoms. The van der Waals surface area contributed by atoms with Gasteiger partial charge < -0.3 is 10.2 Å². The Hall–Kier alpha value is -0.940. The highest BCUT2D eigenvalue weighted by Gasteiger charge is 2.46. The van der Waals surface area contributed by atoms with E-state index in [9.17, 15) is 10.2 Å². The van der Waals surface area contributed by atoms with Crippen molar-refractivity contribution in [2.24, 2.45) is 0 Å². The number of hydrogen-bond donors (Lipinski definition) is 2. The first kappa shape index (κ1) is 15.9. The van der Waals surface area contributed by atoms with E-state index in [4.69, 9.17) is 0 Å². The van der Waals surface area contributed by atoms with Crippen molar-refractivity contribution in [1.29, 1.82) is 0 Å². The molecule has 2 saturated heterocycles. The van der Waals surface area contributed by atoms with Crippen molar-refractivity contribution in [1.82, 2.24) is 9.80 Å².